The van der Waals surface area contributed by atoms with E-state index in [0.29, 0.717) is 25.6 Å². The molecule has 0 aliphatic carbocycles. The van der Waals surface area contributed by atoms with E-state index in [4.69, 9.17) is 10.8 Å². The lowest BCUT2D eigenvalue weighted by atomic mass is 9.88. The summed E-state index contributed by atoms with van der Waals surface area (Å²) < 4.78 is 25.1. The number of nitrogens with two attached hydrogens (primary N) is 1. The summed E-state index contributed by atoms with van der Waals surface area (Å²) in [6, 6.07) is 0. The third-order valence-corrected chi connectivity index (χ3v) is 5.19. The van der Waals surface area contributed by atoms with Crippen LogP contribution in [0.5, 0.6) is 0 Å². The van der Waals surface area contributed by atoms with Crippen molar-refractivity contribution in [2.75, 3.05) is 25.4 Å². The van der Waals surface area contributed by atoms with Crippen molar-refractivity contribution in [1.29, 1.82) is 0 Å². The van der Waals surface area contributed by atoms with Gasteiger partial charge in [-0.25, -0.2) is 12.7 Å². The van der Waals surface area contributed by atoms with E-state index in [-0.39, 0.29) is 18.1 Å². The maximum absolute atomic E-state index is 11.9. The first-order valence-electron chi connectivity index (χ1n) is 5.76. The number of hydrogen-bond donors (Lipinski definition) is 2. The van der Waals surface area contributed by atoms with Crippen molar-refractivity contribution in [2.24, 2.45) is 17.6 Å². The van der Waals surface area contributed by atoms with Gasteiger partial charge in [-0.05, 0) is 24.8 Å². The second kappa shape index (κ2) is 5.79. The van der Waals surface area contributed by atoms with Crippen molar-refractivity contribution in [3.8, 4) is 0 Å². The molecule has 7 heteroatoms. The molecule has 3 N–H and O–H groups in total. The predicted molar refractivity (Wildman–Crippen MR) is 63.9 cm³/mol. The van der Waals surface area contributed by atoms with Gasteiger partial charge in [-0.1, -0.05) is 6.92 Å². The lowest BCUT2D eigenvalue weighted by molar-refractivity contribution is -0.136. The molecule has 100 valence electrons. The van der Waals surface area contributed by atoms with Crippen molar-refractivity contribution < 1.29 is 18.3 Å². The average Bonchev–Trinajstić information content (AvgIpc) is 2.27. The Kier molecular flexibility index (Phi) is 4.91. The van der Waals surface area contributed by atoms with Gasteiger partial charge in [0.15, 0.2) is 0 Å². The summed E-state index contributed by atoms with van der Waals surface area (Å²) in [6.07, 6.45) is 0.440. The van der Waals surface area contributed by atoms with Gasteiger partial charge in [0.05, 0.1) is 12.2 Å². The zero-order valence-corrected chi connectivity index (χ0v) is 10.8. The number of carbonyl (C=O) groups is 1. The number of carboxylic acids is 1. The fourth-order valence-corrected chi connectivity index (χ4v) is 3.51. The van der Waals surface area contributed by atoms with Gasteiger partial charge in [0.1, 0.15) is 0 Å². The van der Waals surface area contributed by atoms with Crippen molar-refractivity contribution in [3.05, 3.63) is 0 Å². The first-order valence-corrected chi connectivity index (χ1v) is 7.37. The van der Waals surface area contributed by atoms with Gasteiger partial charge >= 0.3 is 5.97 Å². The molecule has 1 aliphatic heterocycles. The molecule has 0 aromatic heterocycles. The van der Waals surface area contributed by atoms with Crippen LogP contribution in [0.4, 0.5) is 0 Å². The summed E-state index contributed by atoms with van der Waals surface area (Å²) >= 11 is 0. The summed E-state index contributed by atoms with van der Waals surface area (Å²) in [6.45, 7) is 3.42. The molecule has 0 radical (unpaired) electrons. The fraction of sp³-hybridized carbons (Fsp3) is 0.900. The Bertz CT molecular complexity index is 369. The summed E-state index contributed by atoms with van der Waals surface area (Å²) in [7, 11) is -3.45. The monoisotopic (exact) mass is 264 g/mol. The van der Waals surface area contributed by atoms with Gasteiger partial charge in [-0.3, -0.25) is 4.79 Å². The molecule has 1 fully saturated rings. The normalized spacial score (nSPS) is 26.9. The zero-order valence-electron chi connectivity index (χ0n) is 10.0. The van der Waals surface area contributed by atoms with Crippen LogP contribution in [0.25, 0.3) is 0 Å². The minimum absolute atomic E-state index is 0.170. The molecule has 0 spiro atoms. The molecule has 2 atom stereocenters. The quantitative estimate of drug-likeness (QED) is 0.710. The molecular formula is C10H20N2O4S. The largest absolute Gasteiger partial charge is 0.481 e. The van der Waals surface area contributed by atoms with E-state index in [9.17, 15) is 13.2 Å². The molecular weight excluding hydrogens is 244 g/mol. The first kappa shape index (κ1) is 14.4. The Morgan fingerprint density at radius 1 is 1.53 bits per heavy atom. The number of piperidine rings is 1. The lowest BCUT2D eigenvalue weighted by Gasteiger charge is -2.35. The highest BCUT2D eigenvalue weighted by atomic mass is 32.2. The summed E-state index contributed by atoms with van der Waals surface area (Å²) in [5, 5.41) is 8.51. The van der Waals surface area contributed by atoms with Crippen LogP contribution < -0.4 is 5.73 Å². The van der Waals surface area contributed by atoms with Crippen LogP contribution >= 0.6 is 0 Å². The van der Waals surface area contributed by atoms with Crippen LogP contribution in [0.1, 0.15) is 19.8 Å². The van der Waals surface area contributed by atoms with Crippen molar-refractivity contribution in [2.45, 2.75) is 19.8 Å². The maximum Gasteiger partial charge on any atom is 0.304 e. The SMILES string of the molecule is CC1CCN(S(=O)(=O)CCC(=O)O)CC1CN. The minimum atomic E-state index is -3.45. The lowest BCUT2D eigenvalue weighted by Crippen LogP contribution is -2.46. The molecule has 0 aromatic rings. The number of nitrogens with zero attached hydrogens (tertiary/aromatic N) is 1. The Morgan fingerprint density at radius 3 is 2.71 bits per heavy atom. The van der Waals surface area contributed by atoms with Gasteiger partial charge in [0, 0.05) is 13.1 Å². The molecule has 6 nitrogen and oxygen atoms in total. The molecule has 0 aromatic carbocycles. The van der Waals surface area contributed by atoms with E-state index in [0.717, 1.165) is 6.42 Å². The van der Waals surface area contributed by atoms with Gasteiger partial charge in [-0.2, -0.15) is 0 Å². The topological polar surface area (TPSA) is 101 Å². The average molecular weight is 264 g/mol. The van der Waals surface area contributed by atoms with E-state index in [2.05, 4.69) is 6.92 Å². The van der Waals surface area contributed by atoms with Crippen LogP contribution in [-0.2, 0) is 14.8 Å². The second-order valence-corrected chi connectivity index (χ2v) is 6.67. The number of rotatable bonds is 5. The smallest absolute Gasteiger partial charge is 0.304 e. The van der Waals surface area contributed by atoms with Crippen LogP contribution in [0.3, 0.4) is 0 Å². The molecule has 0 bridgehead atoms. The zero-order chi connectivity index (χ0) is 13.1. The van der Waals surface area contributed by atoms with Crippen LogP contribution in [0, 0.1) is 11.8 Å². The molecule has 1 rings (SSSR count). The Balaban J connectivity index is 2.63. The van der Waals surface area contributed by atoms with Gasteiger partial charge < -0.3 is 10.8 Å². The highest BCUT2D eigenvalue weighted by Gasteiger charge is 2.32. The standard InChI is InChI=1S/C10H20N2O4S/c1-8-2-4-12(7-9(8)6-11)17(15,16)5-3-10(13)14/h8-9H,2-7,11H2,1H3,(H,13,14). The van der Waals surface area contributed by atoms with E-state index in [1.807, 2.05) is 0 Å². The van der Waals surface area contributed by atoms with E-state index < -0.39 is 16.0 Å². The fourth-order valence-electron chi connectivity index (χ4n) is 2.02. The van der Waals surface area contributed by atoms with Gasteiger partial charge in [0.25, 0.3) is 0 Å². The summed E-state index contributed by atoms with van der Waals surface area (Å²) in [5.74, 6) is -0.822. The Hall–Kier alpha value is -0.660. The van der Waals surface area contributed by atoms with E-state index in [1.54, 1.807) is 0 Å². The number of carboxylic acid groups (broad SMARTS) is 1. The van der Waals surface area contributed by atoms with Crippen LogP contribution in [0.15, 0.2) is 0 Å². The van der Waals surface area contributed by atoms with E-state index in [1.165, 1.54) is 4.31 Å². The van der Waals surface area contributed by atoms with E-state index >= 15 is 0 Å². The van der Waals surface area contributed by atoms with Crippen molar-refractivity contribution in [3.63, 3.8) is 0 Å². The molecule has 2 unspecified atom stereocenters. The molecule has 1 saturated heterocycles. The summed E-state index contributed by atoms with van der Waals surface area (Å²) in [4.78, 5) is 10.4. The second-order valence-electron chi connectivity index (χ2n) is 4.58. The predicted octanol–water partition coefficient (Wildman–Crippen LogP) is -0.292. The maximum atomic E-state index is 11.9. The minimum Gasteiger partial charge on any atom is -0.481 e. The number of sulfonamides is 1. The molecule has 17 heavy (non-hydrogen) atoms. The first-order chi connectivity index (χ1) is 7.86. The number of hydrogen-bond acceptors (Lipinski definition) is 4. The van der Waals surface area contributed by atoms with Crippen LogP contribution in [0.2, 0.25) is 0 Å². The molecule has 0 saturated carbocycles. The molecule has 0 amide bonds. The van der Waals surface area contributed by atoms with Gasteiger partial charge in [-0.15, -0.1) is 0 Å². The summed E-state index contributed by atoms with van der Waals surface area (Å²) in [5.41, 5.74) is 5.61. The van der Waals surface area contributed by atoms with Crippen molar-refractivity contribution in [1.82, 2.24) is 4.31 Å². The molecule has 1 heterocycles. The number of aliphatic carboxylic acids is 1. The van der Waals surface area contributed by atoms with Gasteiger partial charge in [0.2, 0.25) is 10.0 Å². The Labute approximate surface area is 102 Å². The van der Waals surface area contributed by atoms with Crippen molar-refractivity contribution >= 4 is 16.0 Å². The third-order valence-electron chi connectivity index (χ3n) is 3.35. The van der Waals surface area contributed by atoms with Crippen LogP contribution in [-0.4, -0.2) is 49.2 Å². The highest BCUT2D eigenvalue weighted by molar-refractivity contribution is 7.89. The highest BCUT2D eigenvalue weighted by Crippen LogP contribution is 2.24. The third kappa shape index (κ3) is 3.93. The Morgan fingerprint density at radius 2 is 2.18 bits per heavy atom. The molecule has 1 aliphatic rings.